The van der Waals surface area contributed by atoms with Crippen LogP contribution in [0.15, 0.2) is 169 Å². The molecule has 0 N–H and O–H groups in total. The van der Waals surface area contributed by atoms with E-state index in [2.05, 4.69) is 165 Å². The summed E-state index contributed by atoms with van der Waals surface area (Å²) in [5.74, 6) is 3.35. The fourth-order valence-electron chi connectivity index (χ4n) is 10.3. The van der Waals surface area contributed by atoms with Crippen molar-refractivity contribution < 1.29 is 36.6 Å². The molecule has 4 fully saturated rings. The Labute approximate surface area is 349 Å². The second-order valence-electron chi connectivity index (χ2n) is 16.2. The Kier molecular flexibility index (Phi) is 6.67. The van der Waals surface area contributed by atoms with Gasteiger partial charge >= 0.3 is 351 Å². The Morgan fingerprint density at radius 2 is 0.627 bits per heavy atom. The van der Waals surface area contributed by atoms with Crippen molar-refractivity contribution in [3.63, 3.8) is 0 Å². The van der Waals surface area contributed by atoms with Gasteiger partial charge in [-0.15, -0.1) is 0 Å². The van der Waals surface area contributed by atoms with E-state index in [-0.39, 0.29) is 24.2 Å². The van der Waals surface area contributed by atoms with Crippen LogP contribution in [0.25, 0.3) is 44.5 Å². The maximum absolute atomic E-state index is 6.78. The van der Waals surface area contributed by atoms with Crippen molar-refractivity contribution in [2.45, 2.75) is 24.2 Å². The molecule has 8 aliphatic heterocycles. The quantitative estimate of drug-likeness (QED) is 0.174. The molecular weight excluding hydrogens is 916 g/mol. The number of hydrogen-bond donors (Lipinski definition) is 0. The maximum atomic E-state index is 6.78. The number of fused-ring (bicyclic) bond motifs is 8. The standard InChI is InChI=1S/C50H36N4O4.Pt/c1-3-11-31(12-4-1)39-15-7-9-17-41(39)33-19-35-23-36(20-33)44-26-56-48-50-54(30-52(44)48)46(28-58-50)38-22-34(42-18-10-8-16-40(42)32-13-5-2-6-14-32)21-37(24-38)45-27-57-49-47-51(29-53(45)49)43(35)25-55-47;/h1-24,43-46H,25-28H2;. The molecule has 290 valence electrons. The molecule has 4 unspecified atom stereocenters. The van der Waals surface area contributed by atoms with Crippen molar-refractivity contribution in [3.8, 4) is 44.5 Å². The van der Waals surface area contributed by atoms with Crippen molar-refractivity contribution in [3.05, 3.63) is 191 Å². The summed E-state index contributed by atoms with van der Waals surface area (Å²) in [6.45, 7) is 2.21. The first-order valence-corrected chi connectivity index (χ1v) is 22.6. The summed E-state index contributed by atoms with van der Waals surface area (Å²) in [5.41, 5.74) is 14.6. The van der Waals surface area contributed by atoms with Gasteiger partial charge < -0.3 is 0 Å². The fourth-order valence-corrected chi connectivity index (χ4v) is 14.2. The molecular formula is C50H36N4O4Pt. The van der Waals surface area contributed by atoms with E-state index < -0.39 is 17.6 Å². The fraction of sp³-hybridized carbons (Fsp3) is 0.160. The number of ether oxygens (including phenoxy) is 4. The van der Waals surface area contributed by atoms with Gasteiger partial charge in [-0.25, -0.2) is 0 Å². The van der Waals surface area contributed by atoms with Gasteiger partial charge in [0, 0.05) is 0 Å². The van der Waals surface area contributed by atoms with E-state index in [1.807, 2.05) is 0 Å². The Morgan fingerprint density at radius 3 is 0.949 bits per heavy atom. The zero-order valence-corrected chi connectivity index (χ0v) is 34.0. The first kappa shape index (κ1) is 32.6. The van der Waals surface area contributed by atoms with Crippen LogP contribution in [0.4, 0.5) is 0 Å². The van der Waals surface area contributed by atoms with Crippen LogP contribution < -0.4 is 0 Å². The van der Waals surface area contributed by atoms with E-state index in [1.165, 1.54) is 75.1 Å². The number of nitrogens with zero attached hydrogens (tertiary/aromatic N) is 4. The van der Waals surface area contributed by atoms with Gasteiger partial charge in [-0.05, 0) is 0 Å². The van der Waals surface area contributed by atoms with Crippen molar-refractivity contribution >= 4 is 8.29 Å². The van der Waals surface area contributed by atoms with E-state index >= 15 is 0 Å². The summed E-state index contributed by atoms with van der Waals surface area (Å²) in [6.07, 6.45) is 0. The zero-order chi connectivity index (χ0) is 38.3. The van der Waals surface area contributed by atoms with Gasteiger partial charge in [-0.3, -0.25) is 0 Å². The van der Waals surface area contributed by atoms with Gasteiger partial charge in [0.15, 0.2) is 0 Å². The molecule has 4 saturated heterocycles. The van der Waals surface area contributed by atoms with Gasteiger partial charge in [0.1, 0.15) is 0 Å². The van der Waals surface area contributed by atoms with Crippen LogP contribution in [0.2, 0.25) is 0 Å². The molecule has 4 atom stereocenters. The monoisotopic (exact) mass is 951 g/mol. The molecule has 0 saturated carbocycles. The molecule has 0 radical (unpaired) electrons. The van der Waals surface area contributed by atoms with Crippen LogP contribution in [-0.4, -0.2) is 54.3 Å². The predicted octanol–water partition coefficient (Wildman–Crippen LogP) is 9.11. The molecule has 0 aromatic heterocycles. The summed E-state index contributed by atoms with van der Waals surface area (Å²) in [5, 5.41) is 0. The minimum atomic E-state index is -0.826. The third-order valence-corrected chi connectivity index (χ3v) is 16.2. The Morgan fingerprint density at radius 1 is 0.339 bits per heavy atom. The summed E-state index contributed by atoms with van der Waals surface area (Å²) in [6, 6.07) is 53.4. The summed E-state index contributed by atoms with van der Waals surface area (Å²) in [7, 11) is 0. The summed E-state index contributed by atoms with van der Waals surface area (Å²) in [4.78, 5) is 9.97. The van der Waals surface area contributed by atoms with Crippen LogP contribution in [-0.2, 0) is 36.6 Å². The normalized spacial score (nSPS) is 23.6. The van der Waals surface area contributed by atoms with E-state index in [4.69, 9.17) is 18.9 Å². The first-order chi connectivity index (χ1) is 29.2. The Balaban J connectivity index is 0.991. The summed E-state index contributed by atoms with van der Waals surface area (Å²) < 4.78 is 29.7. The molecule has 8 heterocycles. The third kappa shape index (κ3) is 4.53. The average Bonchev–Trinajstić information content (AvgIpc) is 4.15. The van der Waals surface area contributed by atoms with E-state index in [0.717, 1.165) is 23.5 Å². The average molecular weight is 952 g/mol. The van der Waals surface area contributed by atoms with Crippen LogP contribution in [0.1, 0.15) is 46.4 Å². The molecule has 6 aromatic rings. The second-order valence-corrected chi connectivity index (χ2v) is 18.8. The van der Waals surface area contributed by atoms with Crippen LogP contribution in [0.5, 0.6) is 0 Å². The zero-order valence-electron chi connectivity index (χ0n) is 31.7. The number of rotatable bonds is 4. The molecule has 8 nitrogen and oxygen atoms in total. The number of hydrogen-bond acceptors (Lipinski definition) is 8. The summed E-state index contributed by atoms with van der Waals surface area (Å²) >= 11 is -0.826. The molecule has 59 heavy (non-hydrogen) atoms. The van der Waals surface area contributed by atoms with Crippen molar-refractivity contribution in [2.24, 2.45) is 0 Å². The molecule has 9 heteroatoms. The molecule has 6 aromatic carbocycles. The van der Waals surface area contributed by atoms with Crippen LogP contribution in [0.3, 0.4) is 0 Å². The van der Waals surface area contributed by atoms with Crippen LogP contribution >= 0.6 is 0 Å². The van der Waals surface area contributed by atoms with Gasteiger partial charge in [0.25, 0.3) is 0 Å². The van der Waals surface area contributed by atoms with Gasteiger partial charge in [-0.2, -0.15) is 0 Å². The molecule has 8 aliphatic rings. The third-order valence-electron chi connectivity index (χ3n) is 13.0. The van der Waals surface area contributed by atoms with Gasteiger partial charge in [-0.1, -0.05) is 0 Å². The number of benzene rings is 6. The van der Waals surface area contributed by atoms with Crippen molar-refractivity contribution in [1.82, 2.24) is 19.6 Å². The van der Waals surface area contributed by atoms with Gasteiger partial charge in [0.05, 0.1) is 0 Å². The molecule has 0 amide bonds. The topological polar surface area (TPSA) is 49.9 Å². The predicted molar refractivity (Wildman–Crippen MR) is 221 cm³/mol. The Bertz CT molecular complexity index is 2660. The van der Waals surface area contributed by atoms with Crippen LogP contribution in [0, 0.1) is 0 Å². The van der Waals surface area contributed by atoms with Crippen molar-refractivity contribution in [1.29, 1.82) is 0 Å². The van der Waals surface area contributed by atoms with Crippen molar-refractivity contribution in [2.75, 3.05) is 26.4 Å². The van der Waals surface area contributed by atoms with E-state index in [9.17, 15) is 0 Å². The van der Waals surface area contributed by atoms with E-state index in [0.29, 0.717) is 26.4 Å². The van der Waals surface area contributed by atoms with Gasteiger partial charge in [0.2, 0.25) is 0 Å². The molecule has 14 rings (SSSR count). The molecule has 0 spiro atoms. The molecule has 6 bridgehead atoms. The first-order valence-electron chi connectivity index (χ1n) is 20.3. The minimum absolute atomic E-state index is 0.0130. The molecule has 0 aliphatic carbocycles. The SMILES string of the molecule is c1ccc(-c2ccccc2-c2cc3cc(c2)C2COC4=C5OCC6c7cc(-c8ccccc8-c8ccccc8)cc(c7)C7COC8=C9OCC3N9[C](=[Pt]=[C](N42)N56)N87)cc1. The second kappa shape index (κ2) is 12.1. The van der Waals surface area contributed by atoms with E-state index in [1.54, 1.807) is 0 Å². The Hall–Kier alpha value is -6.37.